The van der Waals surface area contributed by atoms with Crippen LogP contribution in [0.25, 0.3) is 6.08 Å². The largest absolute Gasteiger partial charge is 0.476 e. The fourth-order valence-electron chi connectivity index (χ4n) is 2.32. The fourth-order valence-corrected chi connectivity index (χ4v) is 2.32. The summed E-state index contributed by atoms with van der Waals surface area (Å²) in [5.74, 6) is -1.26. The lowest BCUT2D eigenvalue weighted by Crippen LogP contribution is -2.06. The summed E-state index contributed by atoms with van der Waals surface area (Å²) in [6.07, 6.45) is 4.01. The minimum atomic E-state index is -0.641. The molecule has 1 aromatic carbocycles. The van der Waals surface area contributed by atoms with E-state index in [0.717, 1.165) is 12.0 Å². The van der Waals surface area contributed by atoms with E-state index in [9.17, 15) is 9.18 Å². The van der Waals surface area contributed by atoms with Crippen LogP contribution in [0.15, 0.2) is 42.5 Å². The monoisotopic (exact) mass is 388 g/mol. The molecular weight excluding hydrogens is 363 g/mol. The molecule has 6 nitrogen and oxygen atoms in total. The predicted molar refractivity (Wildman–Crippen MR) is 105 cm³/mol. The molecule has 28 heavy (non-hydrogen) atoms. The summed E-state index contributed by atoms with van der Waals surface area (Å²) >= 11 is 0. The zero-order valence-corrected chi connectivity index (χ0v) is 15.9. The van der Waals surface area contributed by atoms with Gasteiger partial charge in [-0.05, 0) is 37.5 Å². The number of anilines is 1. The number of pyridine rings is 1. The van der Waals surface area contributed by atoms with Crippen molar-refractivity contribution in [3.8, 4) is 5.88 Å². The third kappa shape index (κ3) is 7.36. The first-order chi connectivity index (χ1) is 13.6. The van der Waals surface area contributed by atoms with Crippen LogP contribution in [0.2, 0.25) is 0 Å². The molecule has 0 saturated heterocycles. The first kappa shape index (κ1) is 21.4. The Labute approximate surface area is 164 Å². The second-order valence-corrected chi connectivity index (χ2v) is 5.93. The first-order valence-electron chi connectivity index (χ1n) is 9.15. The van der Waals surface area contributed by atoms with Gasteiger partial charge in [0, 0.05) is 18.2 Å². The van der Waals surface area contributed by atoms with E-state index < -0.39 is 11.8 Å². The van der Waals surface area contributed by atoms with Crippen molar-refractivity contribution in [3.63, 3.8) is 0 Å². The van der Waals surface area contributed by atoms with Gasteiger partial charge in [0.25, 0.3) is 5.88 Å². The molecule has 0 atom stereocenters. The first-order valence-corrected chi connectivity index (χ1v) is 9.15. The number of nitrogens with two attached hydrogens (primary N) is 1. The van der Waals surface area contributed by atoms with E-state index in [2.05, 4.69) is 4.98 Å². The number of esters is 1. The van der Waals surface area contributed by atoms with Gasteiger partial charge in [0.15, 0.2) is 5.82 Å². The summed E-state index contributed by atoms with van der Waals surface area (Å²) in [6, 6.07) is 11.1. The van der Waals surface area contributed by atoms with Crippen molar-refractivity contribution in [2.45, 2.75) is 26.4 Å². The number of benzene rings is 1. The Morgan fingerprint density at radius 1 is 1.21 bits per heavy atom. The Kier molecular flexibility index (Phi) is 8.94. The van der Waals surface area contributed by atoms with Crippen LogP contribution < -0.4 is 10.5 Å². The van der Waals surface area contributed by atoms with Crippen LogP contribution in [-0.2, 0) is 20.9 Å². The van der Waals surface area contributed by atoms with Gasteiger partial charge < -0.3 is 19.9 Å². The highest BCUT2D eigenvalue weighted by atomic mass is 19.1. The number of halogens is 1. The Morgan fingerprint density at radius 2 is 1.96 bits per heavy atom. The molecule has 150 valence electrons. The van der Waals surface area contributed by atoms with Crippen LogP contribution in [0.5, 0.6) is 5.88 Å². The lowest BCUT2D eigenvalue weighted by Gasteiger charge is -2.09. The highest BCUT2D eigenvalue weighted by Gasteiger charge is 2.10. The van der Waals surface area contributed by atoms with E-state index in [1.807, 2.05) is 30.3 Å². The average Bonchev–Trinajstić information content (AvgIpc) is 2.69. The van der Waals surface area contributed by atoms with Crippen molar-refractivity contribution in [1.82, 2.24) is 4.98 Å². The molecule has 7 heteroatoms. The highest BCUT2D eigenvalue weighted by Crippen LogP contribution is 2.21. The van der Waals surface area contributed by atoms with Crippen molar-refractivity contribution >= 4 is 17.9 Å². The molecule has 0 aliphatic rings. The highest BCUT2D eigenvalue weighted by molar-refractivity contribution is 5.88. The normalized spacial score (nSPS) is 10.9. The number of aromatic nitrogens is 1. The molecule has 2 rings (SSSR count). The molecule has 0 spiro atoms. The predicted octanol–water partition coefficient (Wildman–Crippen LogP) is 3.76. The topological polar surface area (TPSA) is 83.7 Å². The quantitative estimate of drug-likeness (QED) is 0.359. The van der Waals surface area contributed by atoms with Crippen molar-refractivity contribution in [3.05, 3.63) is 59.4 Å². The van der Waals surface area contributed by atoms with Gasteiger partial charge >= 0.3 is 5.97 Å². The molecule has 1 aromatic heterocycles. The van der Waals surface area contributed by atoms with Gasteiger partial charge in [-0.25, -0.2) is 9.18 Å². The molecule has 2 aromatic rings. The molecular formula is C21H25FN2O4. The molecule has 0 amide bonds. The third-order valence-corrected chi connectivity index (χ3v) is 3.72. The number of hydrogen-bond donors (Lipinski definition) is 1. The Morgan fingerprint density at radius 3 is 2.71 bits per heavy atom. The van der Waals surface area contributed by atoms with Gasteiger partial charge in [0.05, 0.1) is 19.8 Å². The second-order valence-electron chi connectivity index (χ2n) is 5.93. The average molecular weight is 388 g/mol. The van der Waals surface area contributed by atoms with Crippen molar-refractivity contribution < 1.29 is 23.4 Å². The lowest BCUT2D eigenvalue weighted by molar-refractivity contribution is -0.137. The molecule has 0 unspecified atom stereocenters. The molecule has 0 saturated carbocycles. The summed E-state index contributed by atoms with van der Waals surface area (Å²) in [4.78, 5) is 15.2. The van der Waals surface area contributed by atoms with Gasteiger partial charge in [0.2, 0.25) is 0 Å². The summed E-state index contributed by atoms with van der Waals surface area (Å²) in [6.45, 7) is 3.41. The van der Waals surface area contributed by atoms with Gasteiger partial charge in [-0.15, -0.1) is 0 Å². The van der Waals surface area contributed by atoms with Crippen LogP contribution in [0.1, 0.15) is 30.9 Å². The molecule has 1 heterocycles. The molecule has 0 radical (unpaired) electrons. The van der Waals surface area contributed by atoms with E-state index in [0.29, 0.717) is 26.2 Å². The third-order valence-electron chi connectivity index (χ3n) is 3.72. The van der Waals surface area contributed by atoms with Gasteiger partial charge in [-0.2, -0.15) is 4.98 Å². The summed E-state index contributed by atoms with van der Waals surface area (Å²) in [5.41, 5.74) is 7.20. The van der Waals surface area contributed by atoms with Gasteiger partial charge in [-0.3, -0.25) is 0 Å². The number of nitrogen functional groups attached to an aromatic ring is 1. The molecule has 0 fully saturated rings. The zero-order valence-electron chi connectivity index (χ0n) is 15.9. The standard InChI is InChI=1S/C21H25FN2O4/c1-2-27-19(25)11-10-17-14-18(22)21(24-20(17)23)28-13-7-6-12-26-15-16-8-4-3-5-9-16/h3-5,8-11,14H,2,6-7,12-13,15H2,1H3,(H2,23,24)/b11-10+. The van der Waals surface area contributed by atoms with E-state index in [1.54, 1.807) is 6.92 Å². The number of ether oxygens (including phenoxy) is 3. The lowest BCUT2D eigenvalue weighted by atomic mass is 10.2. The number of unbranched alkanes of at least 4 members (excludes halogenated alkanes) is 1. The van der Waals surface area contributed by atoms with Crippen molar-refractivity contribution in [2.75, 3.05) is 25.6 Å². The van der Waals surface area contributed by atoms with Crippen LogP contribution in [0, 0.1) is 5.82 Å². The number of nitrogens with zero attached hydrogens (tertiary/aromatic N) is 1. The minimum absolute atomic E-state index is 0.0724. The minimum Gasteiger partial charge on any atom is -0.476 e. The molecule has 0 aliphatic carbocycles. The van der Waals surface area contributed by atoms with Gasteiger partial charge in [-0.1, -0.05) is 30.3 Å². The maximum atomic E-state index is 14.1. The van der Waals surface area contributed by atoms with E-state index in [-0.39, 0.29) is 23.9 Å². The van der Waals surface area contributed by atoms with Crippen LogP contribution in [0.3, 0.4) is 0 Å². The maximum absolute atomic E-state index is 14.1. The Bertz CT molecular complexity index is 781. The van der Waals surface area contributed by atoms with Crippen LogP contribution in [0.4, 0.5) is 10.2 Å². The Hall–Kier alpha value is -2.93. The van der Waals surface area contributed by atoms with Crippen LogP contribution >= 0.6 is 0 Å². The molecule has 0 aliphatic heterocycles. The Balaban J connectivity index is 1.72. The van der Waals surface area contributed by atoms with E-state index in [1.165, 1.54) is 18.2 Å². The summed E-state index contributed by atoms with van der Waals surface area (Å²) in [7, 11) is 0. The van der Waals surface area contributed by atoms with Crippen LogP contribution in [-0.4, -0.2) is 30.8 Å². The van der Waals surface area contributed by atoms with E-state index >= 15 is 0 Å². The fraction of sp³-hybridized carbons (Fsp3) is 0.333. The number of carbonyl (C=O) groups excluding carboxylic acids is 1. The summed E-state index contributed by atoms with van der Waals surface area (Å²) < 4.78 is 29.8. The van der Waals surface area contributed by atoms with Crippen molar-refractivity contribution in [1.29, 1.82) is 0 Å². The van der Waals surface area contributed by atoms with Crippen molar-refractivity contribution in [2.24, 2.45) is 0 Å². The number of rotatable bonds is 11. The molecule has 2 N–H and O–H groups in total. The van der Waals surface area contributed by atoms with E-state index in [4.69, 9.17) is 19.9 Å². The smallest absolute Gasteiger partial charge is 0.330 e. The number of hydrogen-bond acceptors (Lipinski definition) is 6. The zero-order chi connectivity index (χ0) is 20.2. The second kappa shape index (κ2) is 11.7. The number of carbonyl (C=O) groups is 1. The maximum Gasteiger partial charge on any atom is 0.330 e. The molecule has 0 bridgehead atoms. The SMILES string of the molecule is CCOC(=O)/C=C/c1cc(F)c(OCCCCOCc2ccccc2)nc1N. The summed E-state index contributed by atoms with van der Waals surface area (Å²) in [5, 5.41) is 0. The van der Waals surface area contributed by atoms with Gasteiger partial charge in [0.1, 0.15) is 5.82 Å².